The van der Waals surface area contributed by atoms with E-state index in [2.05, 4.69) is 4.74 Å². The van der Waals surface area contributed by atoms with Crippen molar-refractivity contribution in [2.75, 3.05) is 13.2 Å². The van der Waals surface area contributed by atoms with E-state index in [4.69, 9.17) is 5.11 Å². The van der Waals surface area contributed by atoms with Gasteiger partial charge in [0.05, 0.1) is 6.61 Å². The first kappa shape index (κ1) is 17.9. The second-order valence-corrected chi connectivity index (χ2v) is 4.33. The third-order valence-corrected chi connectivity index (χ3v) is 2.53. The average molecular weight is 318 g/mol. The van der Waals surface area contributed by atoms with Gasteiger partial charge in [-0.2, -0.15) is 17.6 Å². The Morgan fingerprint density at radius 3 is 2.41 bits per heavy atom. The molecule has 0 spiro atoms. The zero-order chi connectivity index (χ0) is 16.6. The fourth-order valence-electron chi connectivity index (χ4n) is 1.40. The highest BCUT2D eigenvalue weighted by atomic mass is 19.3. The number of rotatable bonds is 8. The summed E-state index contributed by atoms with van der Waals surface area (Å²) in [5.41, 5.74) is 0.813. The highest BCUT2D eigenvalue weighted by Crippen LogP contribution is 2.35. The van der Waals surface area contributed by atoms with Crippen molar-refractivity contribution in [1.82, 2.24) is 0 Å². The topological polar surface area (TPSA) is 46.5 Å². The molecule has 0 bridgehead atoms. The molecule has 0 heterocycles. The molecule has 1 aromatic carbocycles. The van der Waals surface area contributed by atoms with Crippen molar-refractivity contribution in [2.45, 2.75) is 11.8 Å². The summed E-state index contributed by atoms with van der Waals surface area (Å²) in [5.74, 6) is -10.8. The van der Waals surface area contributed by atoms with Gasteiger partial charge in [0.1, 0.15) is 6.61 Å². The second kappa shape index (κ2) is 7.74. The molecule has 7 heteroatoms. The standard InChI is InChI=1S/C15H14F4O3/c16-14(17,9-8-13(20)21)15(18,19)11-22-10-4-7-12-5-2-1-3-6-12/h1-9H,10-11H2,(H,20,21). The van der Waals surface area contributed by atoms with Gasteiger partial charge in [0.2, 0.25) is 0 Å². The van der Waals surface area contributed by atoms with Crippen molar-refractivity contribution in [3.63, 3.8) is 0 Å². The van der Waals surface area contributed by atoms with Crippen LogP contribution in [0.3, 0.4) is 0 Å². The molecule has 0 unspecified atom stereocenters. The lowest BCUT2D eigenvalue weighted by molar-refractivity contribution is -0.205. The number of carbonyl (C=O) groups is 1. The van der Waals surface area contributed by atoms with Crippen molar-refractivity contribution in [2.24, 2.45) is 0 Å². The SMILES string of the molecule is O=C(O)C=CC(F)(F)C(F)(F)COCC=Cc1ccccc1. The quantitative estimate of drug-likeness (QED) is 0.452. The Hall–Kier alpha value is -2.15. The number of aliphatic carboxylic acids is 1. The number of ether oxygens (including phenoxy) is 1. The molecule has 0 fully saturated rings. The molecule has 1 rings (SSSR count). The first-order chi connectivity index (χ1) is 10.2. The fourth-order valence-corrected chi connectivity index (χ4v) is 1.40. The molecule has 3 nitrogen and oxygen atoms in total. The van der Waals surface area contributed by atoms with Gasteiger partial charge in [-0.05, 0) is 11.6 Å². The molecule has 0 amide bonds. The van der Waals surface area contributed by atoms with Crippen LogP contribution in [0.15, 0.2) is 48.6 Å². The molecular weight excluding hydrogens is 304 g/mol. The van der Waals surface area contributed by atoms with Crippen LogP contribution in [0.4, 0.5) is 17.6 Å². The first-order valence-corrected chi connectivity index (χ1v) is 6.22. The van der Waals surface area contributed by atoms with E-state index < -0.39 is 24.4 Å². The fraction of sp³-hybridized carbons (Fsp3) is 0.267. The van der Waals surface area contributed by atoms with Gasteiger partial charge in [-0.25, -0.2) is 4.79 Å². The molecule has 0 aromatic heterocycles. The smallest absolute Gasteiger partial charge is 0.336 e. The van der Waals surface area contributed by atoms with Crippen LogP contribution in [0.5, 0.6) is 0 Å². The summed E-state index contributed by atoms with van der Waals surface area (Å²) >= 11 is 0. The second-order valence-electron chi connectivity index (χ2n) is 4.33. The maximum Gasteiger partial charge on any atom is 0.336 e. The lowest BCUT2D eigenvalue weighted by atomic mass is 10.1. The van der Waals surface area contributed by atoms with Crippen LogP contribution in [0, 0.1) is 0 Å². The Kier molecular flexibility index (Phi) is 6.30. The van der Waals surface area contributed by atoms with Gasteiger partial charge in [0.15, 0.2) is 0 Å². The van der Waals surface area contributed by atoms with Gasteiger partial charge in [0.25, 0.3) is 0 Å². The Bertz CT molecular complexity index is 539. The van der Waals surface area contributed by atoms with Gasteiger partial charge in [-0.3, -0.25) is 0 Å². The van der Waals surface area contributed by atoms with Crippen LogP contribution in [0.2, 0.25) is 0 Å². The summed E-state index contributed by atoms with van der Waals surface area (Å²) in [5, 5.41) is 8.19. The molecule has 22 heavy (non-hydrogen) atoms. The average Bonchev–Trinajstić information content (AvgIpc) is 2.45. The van der Waals surface area contributed by atoms with Crippen LogP contribution >= 0.6 is 0 Å². The predicted molar refractivity (Wildman–Crippen MR) is 73.0 cm³/mol. The van der Waals surface area contributed by atoms with Gasteiger partial charge < -0.3 is 9.84 Å². The summed E-state index contributed by atoms with van der Waals surface area (Å²) in [7, 11) is 0. The van der Waals surface area contributed by atoms with Crippen molar-refractivity contribution in [3.8, 4) is 0 Å². The van der Waals surface area contributed by atoms with E-state index in [9.17, 15) is 22.4 Å². The van der Waals surface area contributed by atoms with Crippen LogP contribution < -0.4 is 0 Å². The van der Waals surface area contributed by atoms with Gasteiger partial charge in [0, 0.05) is 6.08 Å². The van der Waals surface area contributed by atoms with Crippen molar-refractivity contribution in [3.05, 3.63) is 54.1 Å². The van der Waals surface area contributed by atoms with Gasteiger partial charge in [-0.15, -0.1) is 0 Å². The zero-order valence-electron chi connectivity index (χ0n) is 11.4. The number of hydrogen-bond donors (Lipinski definition) is 1. The van der Waals surface area contributed by atoms with Crippen molar-refractivity contribution >= 4 is 12.0 Å². The van der Waals surface area contributed by atoms with E-state index in [1.165, 1.54) is 6.08 Å². The monoisotopic (exact) mass is 318 g/mol. The summed E-state index contributed by atoms with van der Waals surface area (Å²) in [6.07, 6.45) is 2.64. The van der Waals surface area contributed by atoms with Crippen molar-refractivity contribution < 1.29 is 32.2 Å². The summed E-state index contributed by atoms with van der Waals surface area (Å²) in [6.45, 7) is -1.80. The normalized spacial score (nSPS) is 13.1. The Morgan fingerprint density at radius 1 is 1.18 bits per heavy atom. The molecular formula is C15H14F4O3. The van der Waals surface area contributed by atoms with E-state index in [0.29, 0.717) is 0 Å². The third kappa shape index (κ3) is 5.69. The number of hydrogen-bond acceptors (Lipinski definition) is 2. The minimum atomic E-state index is -4.60. The van der Waals surface area contributed by atoms with E-state index in [-0.39, 0.29) is 18.8 Å². The van der Waals surface area contributed by atoms with Crippen LogP contribution in [-0.2, 0) is 9.53 Å². The molecule has 0 saturated carbocycles. The van der Waals surface area contributed by atoms with Crippen LogP contribution in [-0.4, -0.2) is 36.1 Å². The molecule has 0 aliphatic carbocycles. The molecule has 0 atom stereocenters. The van der Waals surface area contributed by atoms with E-state index in [1.807, 2.05) is 0 Å². The maximum atomic E-state index is 13.3. The summed E-state index contributed by atoms with van der Waals surface area (Å²) < 4.78 is 57.3. The molecule has 120 valence electrons. The first-order valence-electron chi connectivity index (χ1n) is 6.22. The largest absolute Gasteiger partial charge is 0.478 e. The molecule has 0 saturated heterocycles. The zero-order valence-corrected chi connectivity index (χ0v) is 11.4. The van der Waals surface area contributed by atoms with Crippen LogP contribution in [0.1, 0.15) is 5.56 Å². The highest BCUT2D eigenvalue weighted by molar-refractivity contribution is 5.79. The summed E-state index contributed by atoms with van der Waals surface area (Å²) in [6, 6.07) is 8.92. The minimum absolute atomic E-state index is 0.0246. The molecule has 0 aliphatic heterocycles. The van der Waals surface area contributed by atoms with Gasteiger partial charge in [-0.1, -0.05) is 42.5 Å². The molecule has 1 N–H and O–H groups in total. The molecule has 0 aliphatic rings. The highest BCUT2D eigenvalue weighted by Gasteiger charge is 2.54. The van der Waals surface area contributed by atoms with Crippen LogP contribution in [0.25, 0.3) is 6.08 Å². The molecule has 1 aromatic rings. The minimum Gasteiger partial charge on any atom is -0.478 e. The Balaban J connectivity index is 2.48. The number of carboxylic acid groups (broad SMARTS) is 1. The van der Waals surface area contributed by atoms with E-state index in [0.717, 1.165) is 5.56 Å². The van der Waals surface area contributed by atoms with E-state index in [1.54, 1.807) is 36.4 Å². The number of carboxylic acids is 1. The number of benzene rings is 1. The Labute approximate surface area is 124 Å². The Morgan fingerprint density at radius 2 is 1.82 bits per heavy atom. The third-order valence-electron chi connectivity index (χ3n) is 2.53. The molecule has 0 radical (unpaired) electrons. The lowest BCUT2D eigenvalue weighted by Gasteiger charge is -2.23. The number of allylic oxidation sites excluding steroid dienone is 1. The maximum absolute atomic E-state index is 13.3. The van der Waals surface area contributed by atoms with Crippen molar-refractivity contribution in [1.29, 1.82) is 0 Å². The summed E-state index contributed by atoms with van der Waals surface area (Å²) in [4.78, 5) is 10.1. The number of alkyl halides is 4. The lowest BCUT2D eigenvalue weighted by Crippen LogP contribution is -2.43. The van der Waals surface area contributed by atoms with E-state index >= 15 is 0 Å². The number of halogens is 4. The predicted octanol–water partition coefficient (Wildman–Crippen LogP) is 3.63. The van der Waals surface area contributed by atoms with Gasteiger partial charge >= 0.3 is 17.8 Å².